The zero-order valence-corrected chi connectivity index (χ0v) is 17.0. The van der Waals surface area contributed by atoms with E-state index in [-0.39, 0.29) is 17.9 Å². The highest BCUT2D eigenvalue weighted by Crippen LogP contribution is 2.22. The van der Waals surface area contributed by atoms with Crippen LogP contribution in [-0.4, -0.2) is 28.8 Å². The lowest BCUT2D eigenvalue weighted by Gasteiger charge is -2.21. The molecular formula is C22H27N3O2S. The smallest absolute Gasteiger partial charge is 0.246 e. The molecule has 0 radical (unpaired) electrons. The molecule has 1 aromatic heterocycles. The number of fused-ring (bicyclic) bond motifs is 1. The fraction of sp³-hybridized carbons (Fsp3) is 0.364. The summed E-state index contributed by atoms with van der Waals surface area (Å²) in [6, 6.07) is 11.6. The number of primary amides is 1. The van der Waals surface area contributed by atoms with Gasteiger partial charge in [0.2, 0.25) is 11.8 Å². The Morgan fingerprint density at radius 1 is 1.21 bits per heavy atom. The summed E-state index contributed by atoms with van der Waals surface area (Å²) >= 11 is 1.61. The van der Waals surface area contributed by atoms with E-state index in [1.54, 1.807) is 17.4 Å². The van der Waals surface area contributed by atoms with E-state index < -0.39 is 6.04 Å². The van der Waals surface area contributed by atoms with Gasteiger partial charge in [0.25, 0.3) is 0 Å². The third kappa shape index (κ3) is 5.30. The number of carbonyl (C=O) groups is 2. The van der Waals surface area contributed by atoms with Crippen LogP contribution in [-0.2, 0) is 29.1 Å². The van der Waals surface area contributed by atoms with E-state index in [9.17, 15) is 9.59 Å². The number of hydrogen-bond donors (Lipinski definition) is 2. The van der Waals surface area contributed by atoms with Gasteiger partial charge in [-0.05, 0) is 29.0 Å². The molecule has 0 spiro atoms. The fourth-order valence-corrected chi connectivity index (χ4v) is 4.22. The quantitative estimate of drug-likeness (QED) is 0.639. The molecule has 3 N–H and O–H groups in total. The summed E-state index contributed by atoms with van der Waals surface area (Å²) < 4.78 is 0. The van der Waals surface area contributed by atoms with Crippen molar-refractivity contribution in [3.63, 3.8) is 0 Å². The van der Waals surface area contributed by atoms with Gasteiger partial charge in [0.1, 0.15) is 0 Å². The van der Waals surface area contributed by atoms with Gasteiger partial charge in [-0.3, -0.25) is 14.9 Å². The topological polar surface area (TPSA) is 75.4 Å². The molecule has 2 amide bonds. The summed E-state index contributed by atoms with van der Waals surface area (Å²) in [6.45, 7) is 3.38. The highest BCUT2D eigenvalue weighted by molar-refractivity contribution is 7.09. The molecule has 2 atom stereocenters. The van der Waals surface area contributed by atoms with Crippen molar-refractivity contribution in [2.75, 3.05) is 0 Å². The van der Waals surface area contributed by atoms with Gasteiger partial charge in [-0.2, -0.15) is 0 Å². The largest absolute Gasteiger partial charge is 0.368 e. The van der Waals surface area contributed by atoms with Gasteiger partial charge in [0, 0.05) is 36.5 Å². The van der Waals surface area contributed by atoms with Crippen LogP contribution < -0.4 is 11.1 Å². The number of nitrogens with one attached hydrogen (secondary N) is 1. The van der Waals surface area contributed by atoms with Crippen LogP contribution in [0.15, 0.2) is 53.9 Å². The van der Waals surface area contributed by atoms with Crippen molar-refractivity contribution in [3.8, 4) is 0 Å². The second-order valence-corrected chi connectivity index (χ2v) is 8.15. The van der Waals surface area contributed by atoms with Gasteiger partial charge in [-0.1, -0.05) is 49.8 Å². The Balaban J connectivity index is 1.61. The first-order chi connectivity index (χ1) is 13.6. The minimum absolute atomic E-state index is 0.00650. The average molecular weight is 398 g/mol. The maximum atomic E-state index is 12.6. The first kappa shape index (κ1) is 20.3. The number of amides is 2. The monoisotopic (exact) mass is 397 g/mol. The lowest BCUT2D eigenvalue weighted by Crippen LogP contribution is -2.47. The molecule has 0 aliphatic carbocycles. The van der Waals surface area contributed by atoms with Crippen molar-refractivity contribution >= 4 is 23.2 Å². The minimum Gasteiger partial charge on any atom is -0.368 e. The summed E-state index contributed by atoms with van der Waals surface area (Å²) in [7, 11) is 0. The Hall–Kier alpha value is -2.44. The molecule has 0 fully saturated rings. The summed E-state index contributed by atoms with van der Waals surface area (Å²) in [6.07, 6.45) is 5.84. The van der Waals surface area contributed by atoms with Gasteiger partial charge < -0.3 is 10.6 Å². The SMILES string of the molecule is CCC[C@@H](/C=C/C(=O)N1Cc2ccccc2C1)N[C@@H](Cc1cccs1)C(N)=O. The normalized spacial score (nSPS) is 15.5. The molecule has 6 heteroatoms. The number of benzene rings is 1. The van der Waals surface area contributed by atoms with Crippen LogP contribution in [0.25, 0.3) is 0 Å². The van der Waals surface area contributed by atoms with Crippen LogP contribution in [0, 0.1) is 0 Å². The molecule has 1 aromatic carbocycles. The predicted octanol–water partition coefficient (Wildman–Crippen LogP) is 3.00. The van der Waals surface area contributed by atoms with E-state index in [0.717, 1.165) is 17.7 Å². The Kier molecular flexibility index (Phi) is 7.01. The van der Waals surface area contributed by atoms with E-state index in [1.165, 1.54) is 11.1 Å². The number of thiophene rings is 1. The molecular weight excluding hydrogens is 370 g/mol. The van der Waals surface area contributed by atoms with E-state index in [2.05, 4.69) is 24.4 Å². The zero-order chi connectivity index (χ0) is 19.9. The van der Waals surface area contributed by atoms with E-state index in [1.807, 2.05) is 40.6 Å². The van der Waals surface area contributed by atoms with Crippen LogP contribution in [0.4, 0.5) is 0 Å². The maximum Gasteiger partial charge on any atom is 0.246 e. The second-order valence-electron chi connectivity index (χ2n) is 7.12. The van der Waals surface area contributed by atoms with Crippen molar-refractivity contribution in [2.24, 2.45) is 5.73 Å². The fourth-order valence-electron chi connectivity index (χ4n) is 3.47. The highest BCUT2D eigenvalue weighted by Gasteiger charge is 2.22. The van der Waals surface area contributed by atoms with Crippen molar-refractivity contribution in [1.29, 1.82) is 0 Å². The minimum atomic E-state index is -0.453. The maximum absolute atomic E-state index is 12.6. The van der Waals surface area contributed by atoms with Gasteiger partial charge in [0.15, 0.2) is 0 Å². The summed E-state index contributed by atoms with van der Waals surface area (Å²) in [5, 5.41) is 5.32. The summed E-state index contributed by atoms with van der Waals surface area (Å²) in [5.41, 5.74) is 8.02. The van der Waals surface area contributed by atoms with Crippen molar-refractivity contribution in [1.82, 2.24) is 10.2 Å². The Morgan fingerprint density at radius 2 is 1.93 bits per heavy atom. The average Bonchev–Trinajstić information content (AvgIpc) is 3.34. The molecule has 0 saturated carbocycles. The molecule has 5 nitrogen and oxygen atoms in total. The Morgan fingerprint density at radius 3 is 2.50 bits per heavy atom. The van der Waals surface area contributed by atoms with Gasteiger partial charge in [-0.25, -0.2) is 0 Å². The highest BCUT2D eigenvalue weighted by atomic mass is 32.1. The molecule has 2 aromatic rings. The standard InChI is InChI=1S/C22H27N3O2S/c1-2-6-18(24-20(22(23)27)13-19-9-5-12-28-19)10-11-21(26)25-14-16-7-3-4-8-17(16)15-25/h3-5,7-12,18,20,24H,2,6,13-15H2,1H3,(H2,23,27)/b11-10+/t18-,20-/m0/s1. The van der Waals surface area contributed by atoms with E-state index in [4.69, 9.17) is 5.73 Å². The number of carbonyl (C=O) groups excluding carboxylic acids is 2. The zero-order valence-electron chi connectivity index (χ0n) is 16.1. The van der Waals surface area contributed by atoms with Crippen LogP contribution in [0.3, 0.4) is 0 Å². The van der Waals surface area contributed by atoms with Crippen LogP contribution in [0.2, 0.25) is 0 Å². The lowest BCUT2D eigenvalue weighted by molar-refractivity contribution is -0.126. The molecule has 0 bridgehead atoms. The lowest BCUT2D eigenvalue weighted by atomic mass is 10.1. The van der Waals surface area contributed by atoms with E-state index >= 15 is 0 Å². The van der Waals surface area contributed by atoms with Crippen molar-refractivity contribution in [3.05, 3.63) is 69.9 Å². The third-order valence-corrected chi connectivity index (χ3v) is 5.87. The number of nitrogens with zero attached hydrogens (tertiary/aromatic N) is 1. The van der Waals surface area contributed by atoms with Crippen LogP contribution >= 0.6 is 11.3 Å². The number of rotatable bonds is 9. The van der Waals surface area contributed by atoms with Gasteiger partial charge >= 0.3 is 0 Å². The molecule has 1 aliphatic heterocycles. The molecule has 148 valence electrons. The second kappa shape index (κ2) is 9.66. The molecule has 2 heterocycles. The van der Waals surface area contributed by atoms with Crippen LogP contribution in [0.5, 0.6) is 0 Å². The molecule has 3 rings (SSSR count). The van der Waals surface area contributed by atoms with Crippen molar-refractivity contribution < 1.29 is 9.59 Å². The van der Waals surface area contributed by atoms with Gasteiger partial charge in [0.05, 0.1) is 6.04 Å². The Labute approximate surface area is 170 Å². The number of hydrogen-bond acceptors (Lipinski definition) is 4. The van der Waals surface area contributed by atoms with Crippen LogP contribution in [0.1, 0.15) is 35.8 Å². The Bertz CT molecular complexity index is 807. The third-order valence-electron chi connectivity index (χ3n) is 4.97. The molecule has 0 unspecified atom stereocenters. The van der Waals surface area contributed by atoms with E-state index in [0.29, 0.717) is 19.5 Å². The molecule has 1 aliphatic rings. The number of nitrogens with two attached hydrogens (primary N) is 1. The summed E-state index contributed by atoms with van der Waals surface area (Å²) in [5.74, 6) is -0.378. The molecule has 0 saturated heterocycles. The predicted molar refractivity (Wildman–Crippen MR) is 113 cm³/mol. The van der Waals surface area contributed by atoms with Crippen molar-refractivity contribution in [2.45, 2.75) is 51.4 Å². The first-order valence-electron chi connectivity index (χ1n) is 9.68. The molecule has 28 heavy (non-hydrogen) atoms. The van der Waals surface area contributed by atoms with Gasteiger partial charge in [-0.15, -0.1) is 11.3 Å². The first-order valence-corrected chi connectivity index (χ1v) is 10.6. The summed E-state index contributed by atoms with van der Waals surface area (Å²) in [4.78, 5) is 27.5.